The second kappa shape index (κ2) is 4.57. The van der Waals surface area contributed by atoms with Gasteiger partial charge in [0, 0.05) is 12.0 Å². The first-order valence-corrected chi connectivity index (χ1v) is 4.70. The summed E-state index contributed by atoms with van der Waals surface area (Å²) in [6.07, 6.45) is -0.382. The highest BCUT2D eigenvalue weighted by molar-refractivity contribution is 5.37. The lowest BCUT2D eigenvalue weighted by molar-refractivity contribution is 0.0109. The molecule has 0 radical (unpaired) electrons. The number of methoxy groups -OCH3 is 1. The Balaban J connectivity index is 2.94. The van der Waals surface area contributed by atoms with E-state index in [-0.39, 0.29) is 6.42 Å². The molecule has 2 N–H and O–H groups in total. The monoisotopic (exact) mass is 215 g/mol. The summed E-state index contributed by atoms with van der Waals surface area (Å²) in [6.45, 7) is 1.23. The Labute approximate surface area is 88.0 Å². The second-order valence-electron chi connectivity index (χ2n) is 3.55. The van der Waals surface area contributed by atoms with Crippen molar-refractivity contribution < 1.29 is 13.5 Å². The van der Waals surface area contributed by atoms with Crippen LogP contribution in [0, 0.1) is 6.92 Å². The third-order valence-electron chi connectivity index (χ3n) is 2.19. The summed E-state index contributed by atoms with van der Waals surface area (Å²) < 4.78 is 31.2. The fraction of sp³-hybridized carbons (Fsp3) is 0.455. The number of aryl methyl sites for hydroxylation is 1. The molecule has 0 atom stereocenters. The fourth-order valence-corrected chi connectivity index (χ4v) is 1.35. The van der Waals surface area contributed by atoms with Crippen LogP contribution in [0.5, 0.6) is 5.75 Å². The van der Waals surface area contributed by atoms with Crippen molar-refractivity contribution >= 4 is 0 Å². The Bertz CT molecular complexity index is 339. The molecule has 4 heteroatoms. The molecule has 1 rings (SSSR count). The maximum Gasteiger partial charge on any atom is 0.264 e. The van der Waals surface area contributed by atoms with Crippen molar-refractivity contribution in [3.05, 3.63) is 29.3 Å². The zero-order chi connectivity index (χ0) is 11.5. The van der Waals surface area contributed by atoms with Gasteiger partial charge in [-0.2, -0.15) is 0 Å². The molecule has 0 aliphatic rings. The van der Waals surface area contributed by atoms with Gasteiger partial charge in [-0.15, -0.1) is 0 Å². The van der Waals surface area contributed by atoms with E-state index in [0.29, 0.717) is 11.3 Å². The highest BCUT2D eigenvalue weighted by atomic mass is 19.3. The number of halogens is 2. The summed E-state index contributed by atoms with van der Waals surface area (Å²) in [5.74, 6) is -2.38. The average molecular weight is 215 g/mol. The van der Waals surface area contributed by atoms with Crippen LogP contribution in [0.4, 0.5) is 8.78 Å². The van der Waals surface area contributed by atoms with Crippen LogP contribution in [0.2, 0.25) is 0 Å². The lowest BCUT2D eigenvalue weighted by atomic mass is 10.0. The van der Waals surface area contributed by atoms with Gasteiger partial charge in [0.15, 0.2) is 0 Å². The van der Waals surface area contributed by atoms with E-state index in [2.05, 4.69) is 0 Å². The van der Waals surface area contributed by atoms with E-state index in [9.17, 15) is 8.78 Å². The molecule has 0 heterocycles. The van der Waals surface area contributed by atoms with Crippen molar-refractivity contribution in [2.75, 3.05) is 13.7 Å². The van der Waals surface area contributed by atoms with Gasteiger partial charge in [0.25, 0.3) is 5.92 Å². The number of nitrogens with two attached hydrogens (primary N) is 1. The molecular formula is C11H15F2NO. The first-order valence-electron chi connectivity index (χ1n) is 4.70. The molecule has 0 unspecified atom stereocenters. The Morgan fingerprint density at radius 2 is 2.07 bits per heavy atom. The van der Waals surface area contributed by atoms with Crippen molar-refractivity contribution in [2.24, 2.45) is 5.73 Å². The summed E-state index contributed by atoms with van der Waals surface area (Å²) in [5.41, 5.74) is 6.45. The molecule has 84 valence electrons. The van der Waals surface area contributed by atoms with Crippen LogP contribution in [0.3, 0.4) is 0 Å². The van der Waals surface area contributed by atoms with Crippen molar-refractivity contribution in [1.82, 2.24) is 0 Å². The molecule has 0 bridgehead atoms. The normalized spacial score (nSPS) is 11.5. The first-order chi connectivity index (χ1) is 6.98. The minimum absolute atomic E-state index is 0.382. The summed E-state index contributed by atoms with van der Waals surface area (Å²) in [4.78, 5) is 0. The molecule has 0 saturated heterocycles. The van der Waals surface area contributed by atoms with Gasteiger partial charge in [0.1, 0.15) is 5.75 Å². The second-order valence-corrected chi connectivity index (χ2v) is 3.55. The maximum atomic E-state index is 13.1. The fourth-order valence-electron chi connectivity index (χ4n) is 1.35. The molecule has 2 nitrogen and oxygen atoms in total. The Hall–Kier alpha value is -1.16. The minimum Gasteiger partial charge on any atom is -0.496 e. The lowest BCUT2D eigenvalue weighted by Crippen LogP contribution is -2.30. The van der Waals surface area contributed by atoms with E-state index in [1.807, 2.05) is 6.92 Å². The maximum absolute atomic E-state index is 13.1. The molecule has 0 aliphatic carbocycles. The highest BCUT2D eigenvalue weighted by Gasteiger charge is 2.28. The third kappa shape index (κ3) is 3.16. The summed E-state index contributed by atoms with van der Waals surface area (Å²) in [6, 6.07) is 5.17. The molecule has 1 aromatic carbocycles. The minimum atomic E-state index is -2.87. The largest absolute Gasteiger partial charge is 0.496 e. The van der Waals surface area contributed by atoms with E-state index in [1.165, 1.54) is 7.11 Å². The van der Waals surface area contributed by atoms with Crippen LogP contribution in [-0.4, -0.2) is 19.6 Å². The van der Waals surface area contributed by atoms with Crippen molar-refractivity contribution in [3.8, 4) is 5.75 Å². The topological polar surface area (TPSA) is 35.2 Å². The van der Waals surface area contributed by atoms with Crippen LogP contribution in [-0.2, 0) is 6.42 Å². The van der Waals surface area contributed by atoms with Crippen LogP contribution in [0.15, 0.2) is 18.2 Å². The van der Waals surface area contributed by atoms with Gasteiger partial charge in [-0.05, 0) is 18.6 Å². The zero-order valence-electron chi connectivity index (χ0n) is 8.89. The average Bonchev–Trinajstić information content (AvgIpc) is 2.20. The van der Waals surface area contributed by atoms with E-state index in [0.717, 1.165) is 5.56 Å². The highest BCUT2D eigenvalue weighted by Crippen LogP contribution is 2.26. The molecule has 0 amide bonds. The number of hydrogen-bond donors (Lipinski definition) is 1. The van der Waals surface area contributed by atoms with E-state index >= 15 is 0 Å². The Kier molecular flexibility index (Phi) is 3.63. The Morgan fingerprint density at radius 1 is 1.40 bits per heavy atom. The van der Waals surface area contributed by atoms with Gasteiger partial charge < -0.3 is 10.5 Å². The van der Waals surface area contributed by atoms with Crippen LogP contribution < -0.4 is 10.5 Å². The number of rotatable bonds is 4. The van der Waals surface area contributed by atoms with E-state index in [1.54, 1.807) is 18.2 Å². The molecule has 0 saturated carbocycles. The van der Waals surface area contributed by atoms with Crippen LogP contribution in [0.1, 0.15) is 11.1 Å². The summed E-state index contributed by atoms with van der Waals surface area (Å²) in [5, 5.41) is 0. The predicted molar refractivity (Wildman–Crippen MR) is 55.4 cm³/mol. The number of alkyl halides is 2. The van der Waals surface area contributed by atoms with Gasteiger partial charge in [0.05, 0.1) is 13.7 Å². The van der Waals surface area contributed by atoms with Gasteiger partial charge in [-0.25, -0.2) is 8.78 Å². The number of benzene rings is 1. The summed E-state index contributed by atoms with van der Waals surface area (Å²) in [7, 11) is 1.47. The lowest BCUT2D eigenvalue weighted by Gasteiger charge is -2.16. The summed E-state index contributed by atoms with van der Waals surface area (Å²) >= 11 is 0. The van der Waals surface area contributed by atoms with Gasteiger partial charge in [0.2, 0.25) is 0 Å². The molecule has 0 aliphatic heterocycles. The van der Waals surface area contributed by atoms with Crippen molar-refractivity contribution in [3.63, 3.8) is 0 Å². The van der Waals surface area contributed by atoms with Gasteiger partial charge >= 0.3 is 0 Å². The number of hydrogen-bond acceptors (Lipinski definition) is 2. The van der Waals surface area contributed by atoms with Gasteiger partial charge in [-0.3, -0.25) is 0 Å². The van der Waals surface area contributed by atoms with Crippen LogP contribution >= 0.6 is 0 Å². The van der Waals surface area contributed by atoms with Crippen molar-refractivity contribution in [2.45, 2.75) is 19.3 Å². The molecule has 0 aromatic heterocycles. The molecule has 0 fully saturated rings. The number of ether oxygens (including phenoxy) is 1. The zero-order valence-corrected chi connectivity index (χ0v) is 8.89. The molecule has 0 spiro atoms. The molecular weight excluding hydrogens is 200 g/mol. The first kappa shape index (κ1) is 11.9. The molecule has 15 heavy (non-hydrogen) atoms. The van der Waals surface area contributed by atoms with Crippen molar-refractivity contribution in [1.29, 1.82) is 0 Å². The third-order valence-corrected chi connectivity index (χ3v) is 2.19. The standard InChI is InChI=1S/C11H15F2NO/c1-8-3-4-9(10(5-8)15-2)6-11(12,13)7-14/h3-5H,6-7,14H2,1-2H3. The van der Waals surface area contributed by atoms with Crippen LogP contribution in [0.25, 0.3) is 0 Å². The molecule has 1 aromatic rings. The Morgan fingerprint density at radius 3 is 2.60 bits per heavy atom. The van der Waals surface area contributed by atoms with Gasteiger partial charge in [-0.1, -0.05) is 12.1 Å². The predicted octanol–water partition coefficient (Wildman–Crippen LogP) is 2.14. The SMILES string of the molecule is COc1cc(C)ccc1CC(F)(F)CN. The van der Waals surface area contributed by atoms with E-state index < -0.39 is 12.5 Å². The smallest absolute Gasteiger partial charge is 0.264 e. The quantitative estimate of drug-likeness (QED) is 0.835. The van der Waals surface area contributed by atoms with E-state index in [4.69, 9.17) is 10.5 Å².